The Bertz CT molecular complexity index is 1350. The second kappa shape index (κ2) is 11.6. The van der Waals surface area contributed by atoms with E-state index in [1.807, 2.05) is 31.2 Å². The summed E-state index contributed by atoms with van der Waals surface area (Å²) in [5.41, 5.74) is 1.90. The van der Waals surface area contributed by atoms with Gasteiger partial charge in [-0.05, 0) is 80.4 Å². The van der Waals surface area contributed by atoms with Gasteiger partial charge in [0.25, 0.3) is 17.7 Å². The van der Waals surface area contributed by atoms with Crippen molar-refractivity contribution in [2.24, 2.45) is 0 Å². The number of benzene rings is 3. The largest absolute Gasteiger partial charge is 0.497 e. The number of anilines is 1. The molecule has 1 unspecified atom stereocenters. The third-order valence-corrected chi connectivity index (χ3v) is 6.08. The van der Waals surface area contributed by atoms with E-state index in [1.54, 1.807) is 31.4 Å². The summed E-state index contributed by atoms with van der Waals surface area (Å²) in [7, 11) is 1.58. The van der Waals surface area contributed by atoms with Gasteiger partial charge in [-0.2, -0.15) is 0 Å². The second-order valence-electron chi connectivity index (χ2n) is 8.61. The van der Waals surface area contributed by atoms with Crippen LogP contribution in [-0.4, -0.2) is 55.0 Å². The van der Waals surface area contributed by atoms with Gasteiger partial charge in [0.05, 0.1) is 30.4 Å². The summed E-state index contributed by atoms with van der Waals surface area (Å²) in [6.07, 6.45) is -0.619. The van der Waals surface area contributed by atoms with Gasteiger partial charge in [0.1, 0.15) is 11.5 Å². The number of nitrogens with zero attached hydrogens (tertiary/aromatic N) is 1. The first-order chi connectivity index (χ1) is 18.3. The number of methoxy groups -OCH3 is 1. The smallest absolute Gasteiger partial charge is 0.338 e. The van der Waals surface area contributed by atoms with Crippen LogP contribution in [0.15, 0.2) is 66.7 Å². The molecular weight excluding hydrogens is 488 g/mol. The molecule has 1 aliphatic heterocycles. The molecule has 9 nitrogen and oxygen atoms in total. The third-order valence-electron chi connectivity index (χ3n) is 6.08. The number of rotatable bonds is 10. The number of carbonyl (C=O) groups is 4. The second-order valence-corrected chi connectivity index (χ2v) is 8.61. The molecular formula is C29H28N2O7. The quantitative estimate of drug-likeness (QED) is 0.319. The van der Waals surface area contributed by atoms with Gasteiger partial charge < -0.3 is 19.5 Å². The Kier molecular flexibility index (Phi) is 8.06. The van der Waals surface area contributed by atoms with Crippen molar-refractivity contribution < 1.29 is 33.4 Å². The number of hydrogen-bond acceptors (Lipinski definition) is 7. The predicted octanol–water partition coefficient (Wildman–Crippen LogP) is 4.12. The minimum atomic E-state index is -1.10. The lowest BCUT2D eigenvalue weighted by Crippen LogP contribution is -2.31. The highest BCUT2D eigenvalue weighted by molar-refractivity contribution is 6.22. The van der Waals surface area contributed by atoms with Crippen molar-refractivity contribution in [3.63, 3.8) is 0 Å². The number of amides is 3. The molecule has 1 heterocycles. The number of imide groups is 1. The monoisotopic (exact) mass is 516 g/mol. The molecule has 1 atom stereocenters. The maximum Gasteiger partial charge on any atom is 0.338 e. The maximum atomic E-state index is 13.0. The van der Waals surface area contributed by atoms with Gasteiger partial charge in [-0.25, -0.2) is 4.79 Å². The first-order valence-electron chi connectivity index (χ1n) is 12.2. The molecule has 0 saturated carbocycles. The molecule has 9 heteroatoms. The van der Waals surface area contributed by atoms with Crippen LogP contribution in [0.25, 0.3) is 0 Å². The summed E-state index contributed by atoms with van der Waals surface area (Å²) in [6, 6.07) is 18.4. The Morgan fingerprint density at radius 3 is 2.21 bits per heavy atom. The van der Waals surface area contributed by atoms with Gasteiger partial charge in [-0.3, -0.25) is 19.3 Å². The van der Waals surface area contributed by atoms with Crippen LogP contribution >= 0.6 is 0 Å². The van der Waals surface area contributed by atoms with Crippen LogP contribution in [-0.2, 0) is 16.0 Å². The van der Waals surface area contributed by atoms with Gasteiger partial charge >= 0.3 is 5.97 Å². The maximum absolute atomic E-state index is 13.0. The Morgan fingerprint density at radius 1 is 0.895 bits per heavy atom. The van der Waals surface area contributed by atoms with Crippen molar-refractivity contribution in [2.45, 2.75) is 26.4 Å². The molecule has 4 rings (SSSR count). The van der Waals surface area contributed by atoms with Crippen LogP contribution in [0.3, 0.4) is 0 Å². The number of ether oxygens (including phenoxy) is 3. The average Bonchev–Trinajstić information content (AvgIpc) is 3.17. The zero-order valence-corrected chi connectivity index (χ0v) is 21.4. The van der Waals surface area contributed by atoms with E-state index in [0.29, 0.717) is 24.5 Å². The third kappa shape index (κ3) is 5.83. The Hall–Kier alpha value is -4.66. The molecule has 0 radical (unpaired) electrons. The Labute approximate surface area is 220 Å². The van der Waals surface area contributed by atoms with Gasteiger partial charge in [-0.1, -0.05) is 12.1 Å². The number of nitrogens with one attached hydrogen (secondary N) is 1. The van der Waals surface area contributed by atoms with Crippen molar-refractivity contribution in [2.75, 3.05) is 25.6 Å². The van der Waals surface area contributed by atoms with Crippen molar-refractivity contribution in [3.8, 4) is 11.5 Å². The summed E-state index contributed by atoms with van der Waals surface area (Å²) in [5, 5.41) is 2.68. The van der Waals surface area contributed by atoms with Crippen LogP contribution in [0.5, 0.6) is 11.5 Å². The SMILES string of the molecule is CCOc1ccc(NC(=O)C(C)OC(=O)c2ccc3c(c2)C(=O)N(CCc2ccc(OC)cc2)C3=O)cc1. The van der Waals surface area contributed by atoms with E-state index < -0.39 is 29.8 Å². The zero-order valence-electron chi connectivity index (χ0n) is 21.4. The first-order valence-corrected chi connectivity index (χ1v) is 12.2. The molecule has 0 aliphatic carbocycles. The molecule has 0 saturated heterocycles. The van der Waals surface area contributed by atoms with Crippen molar-refractivity contribution >= 4 is 29.4 Å². The number of carbonyl (C=O) groups excluding carboxylic acids is 4. The van der Waals surface area contributed by atoms with Crippen LogP contribution < -0.4 is 14.8 Å². The van der Waals surface area contributed by atoms with Gasteiger partial charge in [0.2, 0.25) is 0 Å². The van der Waals surface area contributed by atoms with E-state index in [2.05, 4.69) is 5.32 Å². The number of hydrogen-bond donors (Lipinski definition) is 1. The fraction of sp³-hybridized carbons (Fsp3) is 0.241. The van der Waals surface area contributed by atoms with Crippen molar-refractivity contribution in [3.05, 3.63) is 89.0 Å². The van der Waals surface area contributed by atoms with Gasteiger partial charge in [0.15, 0.2) is 6.10 Å². The van der Waals surface area contributed by atoms with E-state index in [-0.39, 0.29) is 23.2 Å². The minimum Gasteiger partial charge on any atom is -0.497 e. The lowest BCUT2D eigenvalue weighted by atomic mass is 10.1. The zero-order chi connectivity index (χ0) is 27.2. The summed E-state index contributed by atoms with van der Waals surface area (Å²) < 4.78 is 15.8. The highest BCUT2D eigenvalue weighted by Crippen LogP contribution is 2.25. The topological polar surface area (TPSA) is 111 Å². The lowest BCUT2D eigenvalue weighted by molar-refractivity contribution is -0.123. The molecule has 3 aromatic carbocycles. The highest BCUT2D eigenvalue weighted by atomic mass is 16.5. The van der Waals surface area contributed by atoms with E-state index in [0.717, 1.165) is 16.2 Å². The molecule has 0 spiro atoms. The lowest BCUT2D eigenvalue weighted by Gasteiger charge is -2.14. The van der Waals surface area contributed by atoms with E-state index >= 15 is 0 Å². The molecule has 38 heavy (non-hydrogen) atoms. The molecule has 1 aliphatic rings. The molecule has 0 aromatic heterocycles. The fourth-order valence-electron chi connectivity index (χ4n) is 3.98. The minimum absolute atomic E-state index is 0.0719. The normalized spacial score (nSPS) is 13.1. The van der Waals surface area contributed by atoms with E-state index in [1.165, 1.54) is 25.1 Å². The standard InChI is InChI=1S/C29H28N2O7/c1-4-37-23-12-8-21(9-13-23)30-26(32)18(2)38-29(35)20-7-14-24-25(17-20)28(34)31(27(24)33)16-15-19-5-10-22(36-3)11-6-19/h5-14,17-18H,4,15-16H2,1-3H3,(H,30,32). The van der Waals surface area contributed by atoms with Crippen molar-refractivity contribution in [1.82, 2.24) is 4.90 Å². The molecule has 1 N–H and O–H groups in total. The molecule has 3 amide bonds. The van der Waals surface area contributed by atoms with Crippen LogP contribution in [0.2, 0.25) is 0 Å². The highest BCUT2D eigenvalue weighted by Gasteiger charge is 2.36. The molecule has 0 fully saturated rings. The molecule has 3 aromatic rings. The predicted molar refractivity (Wildman–Crippen MR) is 140 cm³/mol. The summed E-state index contributed by atoms with van der Waals surface area (Å²) in [5.74, 6) is -0.791. The Morgan fingerprint density at radius 2 is 1.55 bits per heavy atom. The molecule has 0 bridgehead atoms. The average molecular weight is 517 g/mol. The van der Waals surface area contributed by atoms with Crippen molar-refractivity contribution in [1.29, 1.82) is 0 Å². The van der Waals surface area contributed by atoms with E-state index in [4.69, 9.17) is 14.2 Å². The summed E-state index contributed by atoms with van der Waals surface area (Å²) in [4.78, 5) is 52.2. The summed E-state index contributed by atoms with van der Waals surface area (Å²) in [6.45, 7) is 4.05. The first kappa shape index (κ1) is 26.4. The Balaban J connectivity index is 1.36. The number of esters is 1. The molecule has 196 valence electrons. The van der Waals surface area contributed by atoms with Crippen LogP contribution in [0.4, 0.5) is 5.69 Å². The summed E-state index contributed by atoms with van der Waals surface area (Å²) >= 11 is 0. The van der Waals surface area contributed by atoms with Gasteiger partial charge in [0, 0.05) is 12.2 Å². The van der Waals surface area contributed by atoms with Crippen LogP contribution in [0.1, 0.15) is 50.5 Å². The van der Waals surface area contributed by atoms with E-state index in [9.17, 15) is 19.2 Å². The number of fused-ring (bicyclic) bond motifs is 1. The van der Waals surface area contributed by atoms with Crippen LogP contribution in [0, 0.1) is 0 Å². The van der Waals surface area contributed by atoms with Gasteiger partial charge in [-0.15, -0.1) is 0 Å². The fourth-order valence-corrected chi connectivity index (χ4v) is 3.98.